The van der Waals surface area contributed by atoms with Gasteiger partial charge < -0.3 is 9.13 Å². The summed E-state index contributed by atoms with van der Waals surface area (Å²) in [7, 11) is -7.24. The van der Waals surface area contributed by atoms with E-state index in [2.05, 4.69) is 48.5 Å². The molecule has 0 bridgehead atoms. The minimum absolute atomic E-state index is 0.432. The van der Waals surface area contributed by atoms with Gasteiger partial charge >= 0.3 is 0 Å². The summed E-state index contributed by atoms with van der Waals surface area (Å²) in [6.45, 7) is 0. The number of benzene rings is 8. The summed E-state index contributed by atoms with van der Waals surface area (Å²) in [5.41, 5.74) is 9.91. The van der Waals surface area contributed by atoms with Crippen LogP contribution in [0.4, 0.5) is 0 Å². The van der Waals surface area contributed by atoms with Gasteiger partial charge in [0.15, 0.2) is 14.3 Å². The van der Waals surface area contributed by atoms with Crippen LogP contribution in [0.15, 0.2) is 255 Å². The smallest absolute Gasteiger partial charge is 0.188 e. The van der Waals surface area contributed by atoms with Gasteiger partial charge in [-0.3, -0.25) is 0 Å². The molecule has 0 fully saturated rings. The standard InChI is InChI=1S/C58H42N2O2P2/c61-63(51-31-13-27-47(39-51)43-19-5-1-6-20-43,52-32-14-28-48(40-52)44-21-7-2-8-22-44)57-37-17-35-55(59-57)56-36-18-38-58(60-56)64(62,53-33-15-29-49(41-53)45-23-9-3-10-24-45)54-34-16-30-50(42-54)46-25-11-4-12-26-46/h1-42H. The maximum Gasteiger partial charge on any atom is 0.188 e. The van der Waals surface area contributed by atoms with Crippen LogP contribution in [0.5, 0.6) is 0 Å². The van der Waals surface area contributed by atoms with Crippen LogP contribution in [-0.2, 0) is 9.13 Å². The van der Waals surface area contributed by atoms with Crippen molar-refractivity contribution < 1.29 is 9.13 Å². The van der Waals surface area contributed by atoms with Gasteiger partial charge in [0.2, 0.25) is 0 Å². The summed E-state index contributed by atoms with van der Waals surface area (Å²) in [6, 6.07) is 83.8. The van der Waals surface area contributed by atoms with Crippen molar-refractivity contribution in [3.63, 3.8) is 0 Å². The average Bonchev–Trinajstić information content (AvgIpc) is 3.39. The Hall–Kier alpha value is -7.48. The Balaban J connectivity index is 1.13. The van der Waals surface area contributed by atoms with E-state index in [1.54, 1.807) is 0 Å². The molecule has 0 spiro atoms. The van der Waals surface area contributed by atoms with Crippen LogP contribution in [0.25, 0.3) is 55.9 Å². The minimum Gasteiger partial charge on any atom is -0.307 e. The molecule has 0 aliphatic heterocycles. The molecule has 64 heavy (non-hydrogen) atoms. The molecule has 306 valence electrons. The molecule has 0 N–H and O–H groups in total. The van der Waals surface area contributed by atoms with Crippen molar-refractivity contribution in [3.8, 4) is 55.9 Å². The molecule has 10 aromatic rings. The number of hydrogen-bond acceptors (Lipinski definition) is 4. The number of pyridine rings is 2. The van der Waals surface area contributed by atoms with Gasteiger partial charge in [-0.25, -0.2) is 9.97 Å². The lowest BCUT2D eigenvalue weighted by molar-refractivity contribution is 0.591. The van der Waals surface area contributed by atoms with Gasteiger partial charge in [-0.1, -0.05) is 206 Å². The third kappa shape index (κ3) is 7.91. The average molecular weight is 861 g/mol. The topological polar surface area (TPSA) is 59.9 Å². The SMILES string of the molecule is O=P(c1cccc(-c2ccccc2)c1)(c1cccc(-c2ccccc2)c1)c1cccc(-c2cccc(P(=O)(c3cccc(-c4ccccc4)c3)c3cccc(-c4ccccc4)c3)n2)n1. The molecular formula is C58H42N2O2P2. The van der Waals surface area contributed by atoms with Crippen molar-refractivity contribution in [3.05, 3.63) is 255 Å². The summed E-state index contributed by atoms with van der Waals surface area (Å²) in [5.74, 6) is 0. The van der Waals surface area contributed by atoms with Gasteiger partial charge in [0, 0.05) is 21.2 Å². The first-order chi connectivity index (χ1) is 31.5. The first-order valence-electron chi connectivity index (χ1n) is 21.3. The number of aromatic nitrogens is 2. The predicted octanol–water partition coefficient (Wildman–Crippen LogP) is 12.1. The fourth-order valence-electron chi connectivity index (χ4n) is 8.36. The largest absolute Gasteiger partial charge is 0.307 e. The zero-order chi connectivity index (χ0) is 43.4. The highest BCUT2D eigenvalue weighted by molar-refractivity contribution is 7.85. The molecule has 0 saturated heterocycles. The maximum atomic E-state index is 16.3. The van der Waals surface area contributed by atoms with Gasteiger partial charge in [0.25, 0.3) is 0 Å². The molecule has 2 aromatic heterocycles. The van der Waals surface area contributed by atoms with Crippen molar-refractivity contribution in [1.29, 1.82) is 0 Å². The van der Waals surface area contributed by atoms with Crippen molar-refractivity contribution >= 4 is 46.4 Å². The van der Waals surface area contributed by atoms with Crippen LogP contribution in [-0.4, -0.2) is 9.97 Å². The molecule has 0 atom stereocenters. The van der Waals surface area contributed by atoms with E-state index in [1.165, 1.54) is 0 Å². The quantitative estimate of drug-likeness (QED) is 0.122. The van der Waals surface area contributed by atoms with Crippen LogP contribution in [0.2, 0.25) is 0 Å². The summed E-state index contributed by atoms with van der Waals surface area (Å²) in [6.07, 6.45) is 0. The Bertz CT molecular complexity index is 2940. The van der Waals surface area contributed by atoms with Crippen LogP contribution in [0.3, 0.4) is 0 Å². The van der Waals surface area contributed by atoms with Crippen LogP contribution < -0.4 is 32.1 Å². The Kier molecular flexibility index (Phi) is 11.2. The van der Waals surface area contributed by atoms with E-state index >= 15 is 9.13 Å². The monoisotopic (exact) mass is 860 g/mol. The van der Waals surface area contributed by atoms with Gasteiger partial charge in [0.1, 0.15) is 10.9 Å². The molecule has 0 saturated carbocycles. The highest BCUT2D eigenvalue weighted by atomic mass is 31.2. The van der Waals surface area contributed by atoms with E-state index < -0.39 is 14.3 Å². The van der Waals surface area contributed by atoms with Gasteiger partial charge in [-0.05, 0) is 93.0 Å². The normalized spacial score (nSPS) is 11.6. The van der Waals surface area contributed by atoms with E-state index in [4.69, 9.17) is 9.97 Å². The fourth-order valence-corrected chi connectivity index (χ4v) is 13.6. The Morgan fingerprint density at radius 1 is 0.234 bits per heavy atom. The molecule has 0 radical (unpaired) electrons. The van der Waals surface area contributed by atoms with Crippen LogP contribution >= 0.6 is 14.3 Å². The first kappa shape index (κ1) is 40.6. The van der Waals surface area contributed by atoms with E-state index in [-0.39, 0.29) is 0 Å². The third-order valence-electron chi connectivity index (χ3n) is 11.6. The molecule has 2 heterocycles. The molecular weight excluding hydrogens is 819 g/mol. The molecule has 4 nitrogen and oxygen atoms in total. The zero-order valence-corrected chi connectivity index (χ0v) is 36.6. The van der Waals surface area contributed by atoms with Gasteiger partial charge in [-0.2, -0.15) is 0 Å². The number of nitrogens with zero attached hydrogens (tertiary/aromatic N) is 2. The highest BCUT2D eigenvalue weighted by Crippen LogP contribution is 2.45. The Labute approximate surface area is 374 Å². The van der Waals surface area contributed by atoms with E-state index in [9.17, 15) is 0 Å². The lowest BCUT2D eigenvalue weighted by Crippen LogP contribution is -2.28. The first-order valence-corrected chi connectivity index (χ1v) is 24.7. The van der Waals surface area contributed by atoms with Crippen LogP contribution in [0.1, 0.15) is 0 Å². The molecule has 0 aliphatic rings. The number of hydrogen-bond donors (Lipinski definition) is 0. The van der Waals surface area contributed by atoms with Crippen LogP contribution in [0, 0.1) is 0 Å². The summed E-state index contributed by atoms with van der Waals surface area (Å²) >= 11 is 0. The molecule has 6 heteroatoms. The predicted molar refractivity (Wildman–Crippen MR) is 268 cm³/mol. The van der Waals surface area contributed by atoms with Gasteiger partial charge in [0.05, 0.1) is 11.4 Å². The van der Waals surface area contributed by atoms with Crippen molar-refractivity contribution in [2.45, 2.75) is 0 Å². The zero-order valence-electron chi connectivity index (χ0n) is 34.9. The molecule has 8 aromatic carbocycles. The van der Waals surface area contributed by atoms with Crippen molar-refractivity contribution in [2.24, 2.45) is 0 Å². The highest BCUT2D eigenvalue weighted by Gasteiger charge is 2.34. The molecule has 0 unspecified atom stereocenters. The van der Waals surface area contributed by atoms with E-state index in [0.717, 1.165) is 44.5 Å². The van der Waals surface area contributed by atoms with E-state index in [1.807, 2.05) is 206 Å². The lowest BCUT2D eigenvalue weighted by atomic mass is 10.1. The third-order valence-corrected chi connectivity index (χ3v) is 17.5. The molecule has 10 rings (SSSR count). The number of rotatable bonds is 11. The Morgan fingerprint density at radius 3 is 0.734 bits per heavy atom. The van der Waals surface area contributed by atoms with E-state index in [0.29, 0.717) is 43.5 Å². The second-order valence-corrected chi connectivity index (χ2v) is 21.1. The van der Waals surface area contributed by atoms with Gasteiger partial charge in [-0.15, -0.1) is 0 Å². The maximum absolute atomic E-state index is 16.3. The lowest BCUT2D eigenvalue weighted by Gasteiger charge is -2.22. The van der Waals surface area contributed by atoms with Crippen molar-refractivity contribution in [1.82, 2.24) is 9.97 Å². The minimum atomic E-state index is -3.62. The second-order valence-electron chi connectivity index (χ2n) is 15.6. The molecule has 0 aliphatic carbocycles. The fraction of sp³-hybridized carbons (Fsp3) is 0. The van der Waals surface area contributed by atoms with Crippen molar-refractivity contribution in [2.75, 3.05) is 0 Å². The molecule has 0 amide bonds. The summed E-state index contributed by atoms with van der Waals surface area (Å²) in [4.78, 5) is 10.5. The summed E-state index contributed by atoms with van der Waals surface area (Å²) in [5, 5.41) is 2.69. The second kappa shape index (κ2) is 17.7. The Morgan fingerprint density at radius 2 is 0.469 bits per heavy atom. The summed E-state index contributed by atoms with van der Waals surface area (Å²) < 4.78 is 32.7.